The number of nitrogens with zero attached hydrogens (tertiary/aromatic N) is 3. The van der Waals surface area contributed by atoms with Gasteiger partial charge in [0.1, 0.15) is 0 Å². The van der Waals surface area contributed by atoms with Gasteiger partial charge in [0.05, 0.1) is 18.1 Å². The van der Waals surface area contributed by atoms with Gasteiger partial charge in [-0.25, -0.2) is 0 Å². The third-order valence-electron chi connectivity index (χ3n) is 4.02. The molecule has 0 aliphatic carbocycles. The molecule has 1 aliphatic rings. The first-order chi connectivity index (χ1) is 9.90. The molecule has 1 aromatic carbocycles. The van der Waals surface area contributed by atoms with Crippen LogP contribution in [0.3, 0.4) is 0 Å². The van der Waals surface area contributed by atoms with Gasteiger partial charge in [-0.05, 0) is 38.5 Å². The number of carbonyl (C=O) groups excluding carboxylic acids is 1. The van der Waals surface area contributed by atoms with Crippen LogP contribution in [0.5, 0.6) is 0 Å². The van der Waals surface area contributed by atoms with Gasteiger partial charge in [0.25, 0.3) is 0 Å². The maximum absolute atomic E-state index is 12.3. The Bertz CT molecular complexity index is 529. The molecule has 1 saturated heterocycles. The molecule has 1 fully saturated rings. The van der Waals surface area contributed by atoms with Crippen LogP contribution in [0.15, 0.2) is 24.3 Å². The highest BCUT2D eigenvalue weighted by molar-refractivity contribution is 5.79. The molecule has 4 nitrogen and oxygen atoms in total. The van der Waals surface area contributed by atoms with Gasteiger partial charge >= 0.3 is 0 Å². The number of rotatable bonds is 2. The number of carbonyl (C=O) groups is 1. The normalized spacial score (nSPS) is 16.6. The maximum atomic E-state index is 12.3. The lowest BCUT2D eigenvalue weighted by molar-refractivity contribution is -0.133. The van der Waals surface area contributed by atoms with Gasteiger partial charge in [-0.3, -0.25) is 9.69 Å². The van der Waals surface area contributed by atoms with Crippen LogP contribution >= 0.6 is 0 Å². The van der Waals surface area contributed by atoms with Crippen molar-refractivity contribution in [3.8, 4) is 6.07 Å². The molecular weight excluding hydrogens is 262 g/mol. The van der Waals surface area contributed by atoms with Gasteiger partial charge in [0.15, 0.2) is 0 Å². The minimum Gasteiger partial charge on any atom is -0.340 e. The van der Waals surface area contributed by atoms with E-state index in [1.54, 1.807) is 12.1 Å². The number of piperazine rings is 1. The van der Waals surface area contributed by atoms with Gasteiger partial charge in [-0.1, -0.05) is 12.1 Å². The Morgan fingerprint density at radius 2 is 1.71 bits per heavy atom. The summed E-state index contributed by atoms with van der Waals surface area (Å²) >= 11 is 0. The minimum absolute atomic E-state index is 0.169. The Kier molecular flexibility index (Phi) is 4.64. The zero-order valence-corrected chi connectivity index (χ0v) is 13.1. The van der Waals surface area contributed by atoms with Gasteiger partial charge in [0.2, 0.25) is 5.91 Å². The van der Waals surface area contributed by atoms with E-state index in [0.29, 0.717) is 12.0 Å². The molecule has 112 valence electrons. The van der Waals surface area contributed by atoms with Crippen molar-refractivity contribution in [1.29, 1.82) is 5.26 Å². The Labute approximate surface area is 127 Å². The van der Waals surface area contributed by atoms with Crippen molar-refractivity contribution in [3.05, 3.63) is 35.4 Å². The molecule has 1 aliphatic heterocycles. The summed E-state index contributed by atoms with van der Waals surface area (Å²) in [5.74, 6) is 0.174. The Morgan fingerprint density at radius 1 is 1.14 bits per heavy atom. The second-order valence-electron chi connectivity index (χ2n) is 6.52. The van der Waals surface area contributed by atoms with E-state index in [1.165, 1.54) is 0 Å². The molecule has 0 bridgehead atoms. The number of hydrogen-bond donors (Lipinski definition) is 0. The molecule has 1 amide bonds. The van der Waals surface area contributed by atoms with Gasteiger partial charge in [-0.2, -0.15) is 5.26 Å². The van der Waals surface area contributed by atoms with E-state index in [4.69, 9.17) is 5.26 Å². The van der Waals surface area contributed by atoms with Crippen molar-refractivity contribution < 1.29 is 4.79 Å². The van der Waals surface area contributed by atoms with E-state index < -0.39 is 0 Å². The Morgan fingerprint density at radius 3 is 2.19 bits per heavy atom. The van der Waals surface area contributed by atoms with Crippen LogP contribution in [0, 0.1) is 11.3 Å². The summed E-state index contributed by atoms with van der Waals surface area (Å²) in [5.41, 5.74) is 1.77. The van der Waals surface area contributed by atoms with Crippen molar-refractivity contribution in [1.82, 2.24) is 9.80 Å². The average Bonchev–Trinajstić information content (AvgIpc) is 2.47. The van der Waals surface area contributed by atoms with Crippen molar-refractivity contribution in [3.63, 3.8) is 0 Å². The molecule has 1 aromatic rings. The molecule has 1 heterocycles. The molecule has 0 N–H and O–H groups in total. The van der Waals surface area contributed by atoms with Crippen molar-refractivity contribution in [2.75, 3.05) is 26.2 Å². The van der Waals surface area contributed by atoms with E-state index in [-0.39, 0.29) is 11.4 Å². The van der Waals surface area contributed by atoms with Crippen LogP contribution in [-0.4, -0.2) is 47.4 Å². The van der Waals surface area contributed by atoms with E-state index in [0.717, 1.165) is 31.7 Å². The molecule has 0 unspecified atom stereocenters. The Hall–Kier alpha value is -1.86. The molecule has 0 saturated carbocycles. The fraction of sp³-hybridized carbons (Fsp3) is 0.529. The second kappa shape index (κ2) is 6.28. The molecule has 0 atom stereocenters. The van der Waals surface area contributed by atoms with Crippen LogP contribution in [0.1, 0.15) is 31.9 Å². The summed E-state index contributed by atoms with van der Waals surface area (Å²) in [6, 6.07) is 9.34. The number of nitriles is 1. The lowest BCUT2D eigenvalue weighted by atomic mass is 10.0. The molecule has 0 aromatic heterocycles. The lowest BCUT2D eigenvalue weighted by Gasteiger charge is -2.42. The first-order valence-corrected chi connectivity index (χ1v) is 7.42. The van der Waals surface area contributed by atoms with E-state index in [9.17, 15) is 4.79 Å². The predicted molar refractivity (Wildman–Crippen MR) is 82.8 cm³/mol. The highest BCUT2D eigenvalue weighted by atomic mass is 16.2. The lowest BCUT2D eigenvalue weighted by Crippen LogP contribution is -2.54. The summed E-state index contributed by atoms with van der Waals surface area (Å²) in [5, 5.41) is 8.77. The largest absolute Gasteiger partial charge is 0.340 e. The summed E-state index contributed by atoms with van der Waals surface area (Å²) in [6.07, 6.45) is 0.418. The molecular formula is C17H23N3O. The van der Waals surface area contributed by atoms with E-state index in [2.05, 4.69) is 31.7 Å². The van der Waals surface area contributed by atoms with Crippen LogP contribution in [0.2, 0.25) is 0 Å². The minimum atomic E-state index is 0.169. The Balaban J connectivity index is 1.89. The maximum Gasteiger partial charge on any atom is 0.227 e. The highest BCUT2D eigenvalue weighted by Crippen LogP contribution is 2.16. The number of benzene rings is 1. The van der Waals surface area contributed by atoms with Gasteiger partial charge in [-0.15, -0.1) is 0 Å². The fourth-order valence-corrected chi connectivity index (χ4v) is 2.61. The number of amides is 1. The van der Waals surface area contributed by atoms with Crippen LogP contribution in [-0.2, 0) is 11.2 Å². The molecule has 0 spiro atoms. The molecule has 0 radical (unpaired) electrons. The zero-order chi connectivity index (χ0) is 15.5. The highest BCUT2D eigenvalue weighted by Gasteiger charge is 2.27. The molecule has 21 heavy (non-hydrogen) atoms. The topological polar surface area (TPSA) is 47.3 Å². The summed E-state index contributed by atoms with van der Waals surface area (Å²) < 4.78 is 0. The molecule has 2 rings (SSSR count). The smallest absolute Gasteiger partial charge is 0.227 e. The van der Waals surface area contributed by atoms with E-state index in [1.807, 2.05) is 17.0 Å². The van der Waals surface area contributed by atoms with Crippen LogP contribution in [0.25, 0.3) is 0 Å². The van der Waals surface area contributed by atoms with Crippen molar-refractivity contribution in [2.45, 2.75) is 32.7 Å². The standard InChI is InChI=1S/C17H23N3O/c1-17(2,3)20-10-8-19(9-11-20)16(21)12-14-4-6-15(13-18)7-5-14/h4-7H,8-12H2,1-3H3. The van der Waals surface area contributed by atoms with Crippen molar-refractivity contribution >= 4 is 5.91 Å². The first-order valence-electron chi connectivity index (χ1n) is 7.42. The first kappa shape index (κ1) is 15.5. The SMILES string of the molecule is CC(C)(C)N1CCN(C(=O)Cc2ccc(C#N)cc2)CC1. The summed E-state index contributed by atoms with van der Waals surface area (Å²) in [6.45, 7) is 10.1. The summed E-state index contributed by atoms with van der Waals surface area (Å²) in [4.78, 5) is 16.7. The summed E-state index contributed by atoms with van der Waals surface area (Å²) in [7, 11) is 0. The average molecular weight is 285 g/mol. The van der Waals surface area contributed by atoms with Gasteiger partial charge in [0, 0.05) is 31.7 Å². The third kappa shape index (κ3) is 4.05. The zero-order valence-electron chi connectivity index (χ0n) is 13.1. The van der Waals surface area contributed by atoms with Gasteiger partial charge < -0.3 is 4.90 Å². The van der Waals surface area contributed by atoms with Crippen LogP contribution in [0.4, 0.5) is 0 Å². The van der Waals surface area contributed by atoms with Crippen molar-refractivity contribution in [2.24, 2.45) is 0 Å². The number of hydrogen-bond acceptors (Lipinski definition) is 3. The fourth-order valence-electron chi connectivity index (χ4n) is 2.61. The third-order valence-corrected chi connectivity index (χ3v) is 4.02. The second-order valence-corrected chi connectivity index (χ2v) is 6.52. The molecule has 4 heteroatoms. The monoisotopic (exact) mass is 285 g/mol. The quantitative estimate of drug-likeness (QED) is 0.835. The predicted octanol–water partition coefficient (Wildman–Crippen LogP) is 2.04. The van der Waals surface area contributed by atoms with E-state index >= 15 is 0 Å². The van der Waals surface area contributed by atoms with Crippen LogP contribution < -0.4 is 0 Å².